The number of nitrogens with zero attached hydrogens (tertiary/aromatic N) is 2. The highest BCUT2D eigenvalue weighted by molar-refractivity contribution is 7.08. The number of thiophene rings is 1. The van der Waals surface area contributed by atoms with Gasteiger partial charge in [-0.1, -0.05) is 23.7 Å². The van der Waals surface area contributed by atoms with E-state index in [2.05, 4.69) is 5.32 Å². The fourth-order valence-electron chi connectivity index (χ4n) is 3.48. The molecule has 1 N–H and O–H groups in total. The van der Waals surface area contributed by atoms with Crippen LogP contribution in [0.2, 0.25) is 5.02 Å². The number of carbonyl (C=O) groups excluding carboxylic acids is 3. The van der Waals surface area contributed by atoms with E-state index in [0.29, 0.717) is 43.0 Å². The van der Waals surface area contributed by atoms with Crippen molar-refractivity contribution in [2.45, 2.75) is 0 Å². The van der Waals surface area contributed by atoms with Crippen molar-refractivity contribution in [1.82, 2.24) is 9.80 Å². The van der Waals surface area contributed by atoms with Gasteiger partial charge < -0.3 is 15.1 Å². The molecule has 1 aromatic heterocycles. The van der Waals surface area contributed by atoms with Gasteiger partial charge in [-0.15, -0.1) is 0 Å². The summed E-state index contributed by atoms with van der Waals surface area (Å²) in [5.74, 6) is -1.31. The molecule has 0 saturated carbocycles. The molecule has 3 aromatic rings. The highest BCUT2D eigenvalue weighted by Crippen LogP contribution is 2.22. The van der Waals surface area contributed by atoms with E-state index in [-0.39, 0.29) is 28.3 Å². The number of halogens is 2. The van der Waals surface area contributed by atoms with E-state index in [1.54, 1.807) is 45.5 Å². The maximum atomic E-state index is 13.3. The van der Waals surface area contributed by atoms with Crippen LogP contribution < -0.4 is 5.32 Å². The number of amides is 3. The van der Waals surface area contributed by atoms with Crippen LogP contribution in [0.3, 0.4) is 0 Å². The molecule has 2 aromatic carbocycles. The summed E-state index contributed by atoms with van der Waals surface area (Å²) in [5.41, 5.74) is 1.58. The van der Waals surface area contributed by atoms with E-state index in [9.17, 15) is 18.8 Å². The molecular formula is C23H19ClFN3O3S. The highest BCUT2D eigenvalue weighted by Gasteiger charge is 2.27. The van der Waals surface area contributed by atoms with Crippen LogP contribution in [0.25, 0.3) is 0 Å². The molecule has 0 radical (unpaired) electrons. The Morgan fingerprint density at radius 1 is 0.906 bits per heavy atom. The number of nitrogens with one attached hydrogen (secondary N) is 1. The van der Waals surface area contributed by atoms with Crippen molar-refractivity contribution < 1.29 is 18.8 Å². The van der Waals surface area contributed by atoms with E-state index in [0.717, 1.165) is 6.07 Å². The number of anilines is 1. The lowest BCUT2D eigenvalue weighted by atomic mass is 10.1. The van der Waals surface area contributed by atoms with E-state index in [4.69, 9.17) is 11.6 Å². The summed E-state index contributed by atoms with van der Waals surface area (Å²) >= 11 is 7.43. The number of piperazine rings is 1. The van der Waals surface area contributed by atoms with Crippen molar-refractivity contribution in [2.24, 2.45) is 0 Å². The minimum absolute atomic E-state index is 0.0591. The second kappa shape index (κ2) is 9.50. The van der Waals surface area contributed by atoms with Gasteiger partial charge in [0.2, 0.25) is 0 Å². The van der Waals surface area contributed by atoms with Gasteiger partial charge in [-0.3, -0.25) is 14.4 Å². The fourth-order valence-corrected chi connectivity index (χ4v) is 4.37. The summed E-state index contributed by atoms with van der Waals surface area (Å²) in [6, 6.07) is 12.2. The van der Waals surface area contributed by atoms with Gasteiger partial charge in [0.15, 0.2) is 0 Å². The number of benzene rings is 2. The molecule has 0 atom stereocenters. The molecule has 32 heavy (non-hydrogen) atoms. The van der Waals surface area contributed by atoms with E-state index < -0.39 is 5.82 Å². The first-order chi connectivity index (χ1) is 15.4. The second-order valence-electron chi connectivity index (χ2n) is 7.22. The maximum Gasteiger partial charge on any atom is 0.256 e. The molecule has 0 aliphatic carbocycles. The summed E-state index contributed by atoms with van der Waals surface area (Å²) in [6.07, 6.45) is 0. The van der Waals surface area contributed by atoms with Crippen molar-refractivity contribution >= 4 is 46.3 Å². The average Bonchev–Trinajstić information content (AvgIpc) is 3.34. The highest BCUT2D eigenvalue weighted by atomic mass is 35.5. The predicted molar refractivity (Wildman–Crippen MR) is 122 cm³/mol. The minimum Gasteiger partial charge on any atom is -0.335 e. The zero-order valence-corrected chi connectivity index (χ0v) is 18.5. The molecule has 1 aliphatic heterocycles. The zero-order chi connectivity index (χ0) is 22.7. The van der Waals surface area contributed by atoms with Crippen LogP contribution in [0.5, 0.6) is 0 Å². The Balaban J connectivity index is 1.43. The number of rotatable bonds is 4. The summed E-state index contributed by atoms with van der Waals surface area (Å²) in [4.78, 5) is 41.5. The third-order valence-corrected chi connectivity index (χ3v) is 6.20. The van der Waals surface area contributed by atoms with E-state index in [1.807, 2.05) is 5.38 Å². The molecular weight excluding hydrogens is 453 g/mol. The molecule has 4 rings (SSSR count). The lowest BCUT2D eigenvalue weighted by Gasteiger charge is -2.35. The Hall–Kier alpha value is -3.23. The first kappa shape index (κ1) is 22.0. The van der Waals surface area contributed by atoms with Gasteiger partial charge in [0, 0.05) is 31.6 Å². The van der Waals surface area contributed by atoms with E-state index in [1.165, 1.54) is 23.5 Å². The largest absolute Gasteiger partial charge is 0.335 e. The Morgan fingerprint density at radius 2 is 1.56 bits per heavy atom. The monoisotopic (exact) mass is 471 g/mol. The minimum atomic E-state index is -0.508. The van der Waals surface area contributed by atoms with E-state index >= 15 is 0 Å². The Morgan fingerprint density at radius 3 is 2.19 bits per heavy atom. The van der Waals surface area contributed by atoms with Crippen molar-refractivity contribution in [3.05, 3.63) is 86.8 Å². The third kappa shape index (κ3) is 4.66. The molecule has 9 heteroatoms. The first-order valence-electron chi connectivity index (χ1n) is 9.90. The lowest BCUT2D eigenvalue weighted by molar-refractivity contribution is 0.0536. The fraction of sp³-hybridized carbons (Fsp3) is 0.174. The van der Waals surface area contributed by atoms with Crippen LogP contribution in [0, 0.1) is 5.82 Å². The predicted octanol–water partition coefficient (Wildman–Crippen LogP) is 4.39. The van der Waals surface area contributed by atoms with Crippen molar-refractivity contribution in [1.29, 1.82) is 0 Å². The van der Waals surface area contributed by atoms with Crippen LogP contribution in [0.15, 0.2) is 59.3 Å². The molecule has 164 valence electrons. The zero-order valence-electron chi connectivity index (χ0n) is 16.9. The second-order valence-corrected chi connectivity index (χ2v) is 8.41. The van der Waals surface area contributed by atoms with Gasteiger partial charge in [0.25, 0.3) is 17.7 Å². The summed E-state index contributed by atoms with van der Waals surface area (Å²) in [6.45, 7) is 1.30. The van der Waals surface area contributed by atoms with Gasteiger partial charge >= 0.3 is 0 Å². The Labute approximate surface area is 193 Å². The lowest BCUT2D eigenvalue weighted by Crippen LogP contribution is -2.50. The van der Waals surface area contributed by atoms with Crippen molar-refractivity contribution in [2.75, 3.05) is 31.5 Å². The van der Waals surface area contributed by atoms with Crippen LogP contribution in [0.4, 0.5) is 10.1 Å². The molecule has 1 aliphatic rings. The summed E-state index contributed by atoms with van der Waals surface area (Å²) in [7, 11) is 0. The van der Waals surface area contributed by atoms with Crippen LogP contribution in [0.1, 0.15) is 31.1 Å². The molecule has 6 nitrogen and oxygen atoms in total. The van der Waals surface area contributed by atoms with Gasteiger partial charge in [-0.05, 0) is 41.8 Å². The molecule has 1 saturated heterocycles. The smallest absolute Gasteiger partial charge is 0.256 e. The number of para-hydroxylation sites is 1. The first-order valence-corrected chi connectivity index (χ1v) is 11.2. The standard InChI is InChI=1S/C23H19ClFN3O3S/c24-19-13-16(25)5-6-17(19)22(30)27-8-10-28(11-9-27)23(31)18-3-1-2-4-20(18)26-21(29)15-7-12-32-14-15/h1-7,12-14H,8-11H2,(H,26,29). The third-order valence-electron chi connectivity index (χ3n) is 5.20. The maximum absolute atomic E-state index is 13.3. The number of hydrogen-bond acceptors (Lipinski definition) is 4. The normalized spacial score (nSPS) is 13.7. The SMILES string of the molecule is O=C(Nc1ccccc1C(=O)N1CCN(C(=O)c2ccc(F)cc2Cl)CC1)c1ccsc1. The topological polar surface area (TPSA) is 69.7 Å². The van der Waals surface area contributed by atoms with Gasteiger partial charge in [-0.25, -0.2) is 4.39 Å². The Bertz CT molecular complexity index is 1160. The molecule has 0 spiro atoms. The van der Waals surface area contributed by atoms with Crippen LogP contribution >= 0.6 is 22.9 Å². The van der Waals surface area contributed by atoms with Gasteiger partial charge in [0.05, 0.1) is 27.4 Å². The number of hydrogen-bond donors (Lipinski definition) is 1. The molecule has 0 bridgehead atoms. The molecule has 1 fully saturated rings. The van der Waals surface area contributed by atoms with Gasteiger partial charge in [0.1, 0.15) is 5.82 Å². The van der Waals surface area contributed by atoms with Crippen molar-refractivity contribution in [3.8, 4) is 0 Å². The molecule has 0 unspecified atom stereocenters. The van der Waals surface area contributed by atoms with Gasteiger partial charge in [-0.2, -0.15) is 11.3 Å². The Kier molecular flexibility index (Phi) is 6.53. The summed E-state index contributed by atoms with van der Waals surface area (Å²) < 4.78 is 13.3. The van der Waals surface area contributed by atoms with Crippen LogP contribution in [-0.4, -0.2) is 53.7 Å². The number of carbonyl (C=O) groups is 3. The summed E-state index contributed by atoms with van der Waals surface area (Å²) in [5, 5.41) is 6.41. The molecule has 3 amide bonds. The quantitative estimate of drug-likeness (QED) is 0.613. The average molecular weight is 472 g/mol. The molecule has 2 heterocycles. The van der Waals surface area contributed by atoms with Crippen molar-refractivity contribution in [3.63, 3.8) is 0 Å². The van der Waals surface area contributed by atoms with Crippen LogP contribution in [-0.2, 0) is 0 Å².